The average Bonchev–Trinajstić information content (AvgIpc) is 2.76. The Balaban J connectivity index is 2.47. The highest BCUT2D eigenvalue weighted by atomic mass is 35.5. The second-order valence-electron chi connectivity index (χ2n) is 4.45. The minimum Gasteiger partial charge on any atom is -0.326 e. The predicted molar refractivity (Wildman–Crippen MR) is 74.8 cm³/mol. The van der Waals surface area contributed by atoms with Gasteiger partial charge in [0.05, 0.1) is 6.04 Å². The maximum absolute atomic E-state index is 6.27. The summed E-state index contributed by atoms with van der Waals surface area (Å²) in [7, 11) is 0. The van der Waals surface area contributed by atoms with E-state index in [1.807, 2.05) is 31.3 Å². The van der Waals surface area contributed by atoms with Gasteiger partial charge in [0.25, 0.3) is 0 Å². The van der Waals surface area contributed by atoms with Gasteiger partial charge in [-0.2, -0.15) is 0 Å². The van der Waals surface area contributed by atoms with Crippen LogP contribution in [0.15, 0.2) is 36.7 Å². The molecule has 18 heavy (non-hydrogen) atoms. The molecule has 0 saturated heterocycles. The number of rotatable bonds is 4. The fraction of sp³-hybridized carbons (Fsp3) is 0.357. The Kier molecular flexibility index (Phi) is 4.04. The number of nitrogens with zero attached hydrogens (tertiary/aromatic N) is 2. The number of aryl methyl sites for hydroxylation is 1. The lowest BCUT2D eigenvalue weighted by Crippen LogP contribution is -2.32. The minimum absolute atomic E-state index is 0.0383. The summed E-state index contributed by atoms with van der Waals surface area (Å²) in [4.78, 5) is 4.28. The van der Waals surface area contributed by atoms with Crippen LogP contribution >= 0.6 is 11.6 Å². The molecule has 96 valence electrons. The largest absolute Gasteiger partial charge is 0.326 e. The highest BCUT2D eigenvalue weighted by Crippen LogP contribution is 2.26. The fourth-order valence-corrected chi connectivity index (χ4v) is 2.41. The third kappa shape index (κ3) is 2.57. The van der Waals surface area contributed by atoms with Crippen LogP contribution in [0, 0.1) is 6.92 Å². The lowest BCUT2D eigenvalue weighted by molar-refractivity contribution is 0.451. The molecule has 1 aromatic carbocycles. The van der Waals surface area contributed by atoms with Gasteiger partial charge in [0.1, 0.15) is 5.82 Å². The van der Waals surface area contributed by atoms with Crippen molar-refractivity contribution in [2.24, 2.45) is 5.73 Å². The zero-order valence-corrected chi connectivity index (χ0v) is 11.4. The van der Waals surface area contributed by atoms with Crippen LogP contribution in [0.4, 0.5) is 0 Å². The molecule has 4 heteroatoms. The van der Waals surface area contributed by atoms with Crippen molar-refractivity contribution in [3.05, 3.63) is 53.1 Å². The third-order valence-electron chi connectivity index (χ3n) is 3.23. The summed E-state index contributed by atoms with van der Waals surface area (Å²) in [6.07, 6.45) is 4.67. The monoisotopic (exact) mass is 263 g/mol. The molecule has 0 radical (unpaired) electrons. The van der Waals surface area contributed by atoms with Crippen molar-refractivity contribution in [2.45, 2.75) is 32.4 Å². The number of benzene rings is 1. The first-order chi connectivity index (χ1) is 8.63. The van der Waals surface area contributed by atoms with Crippen molar-refractivity contribution in [3.8, 4) is 0 Å². The summed E-state index contributed by atoms with van der Waals surface area (Å²) in [5.74, 6) is 0.962. The molecule has 2 atom stereocenters. The van der Waals surface area contributed by atoms with Crippen LogP contribution < -0.4 is 5.73 Å². The molecule has 3 nitrogen and oxygen atoms in total. The summed E-state index contributed by atoms with van der Waals surface area (Å²) in [6, 6.07) is 7.99. The van der Waals surface area contributed by atoms with E-state index in [-0.39, 0.29) is 12.1 Å². The SMILES string of the molecule is CCC(N)C(c1cccc(Cl)c1)n1ccnc1C. The van der Waals surface area contributed by atoms with E-state index < -0.39 is 0 Å². The van der Waals surface area contributed by atoms with Crippen molar-refractivity contribution >= 4 is 11.6 Å². The molecule has 2 N–H and O–H groups in total. The zero-order chi connectivity index (χ0) is 13.1. The molecule has 2 aromatic rings. The molecule has 0 bridgehead atoms. The summed E-state index contributed by atoms with van der Waals surface area (Å²) in [6.45, 7) is 4.08. The fourth-order valence-electron chi connectivity index (χ4n) is 2.21. The quantitative estimate of drug-likeness (QED) is 0.921. The summed E-state index contributed by atoms with van der Waals surface area (Å²) < 4.78 is 2.11. The van der Waals surface area contributed by atoms with Crippen LogP contribution in [0.25, 0.3) is 0 Å². The highest BCUT2D eigenvalue weighted by molar-refractivity contribution is 6.30. The standard InChI is InChI=1S/C14H18ClN3/c1-3-13(16)14(18-8-7-17-10(18)2)11-5-4-6-12(15)9-11/h4-9,13-14H,3,16H2,1-2H3. The van der Waals surface area contributed by atoms with Crippen LogP contribution in [0.1, 0.15) is 30.8 Å². The minimum atomic E-state index is 0.0383. The topological polar surface area (TPSA) is 43.8 Å². The normalized spacial score (nSPS) is 14.4. The van der Waals surface area contributed by atoms with Gasteiger partial charge in [-0.25, -0.2) is 4.98 Å². The number of aromatic nitrogens is 2. The van der Waals surface area contributed by atoms with Crippen LogP contribution in [0.2, 0.25) is 5.02 Å². The Morgan fingerprint density at radius 2 is 2.22 bits per heavy atom. The molecule has 0 amide bonds. The van der Waals surface area contributed by atoms with Crippen LogP contribution in [-0.4, -0.2) is 15.6 Å². The predicted octanol–water partition coefficient (Wildman–Crippen LogP) is 3.17. The molecule has 0 fully saturated rings. The van der Waals surface area contributed by atoms with Crippen molar-refractivity contribution in [2.75, 3.05) is 0 Å². The number of hydrogen-bond acceptors (Lipinski definition) is 2. The molecule has 0 saturated carbocycles. The van der Waals surface area contributed by atoms with Gasteiger partial charge in [0, 0.05) is 23.5 Å². The second kappa shape index (κ2) is 5.55. The van der Waals surface area contributed by atoms with Crippen LogP contribution in [-0.2, 0) is 0 Å². The van der Waals surface area contributed by atoms with E-state index in [0.717, 1.165) is 22.8 Å². The molecule has 0 spiro atoms. The average molecular weight is 264 g/mol. The Hall–Kier alpha value is -1.32. The maximum Gasteiger partial charge on any atom is 0.106 e. The van der Waals surface area contributed by atoms with Crippen LogP contribution in [0.5, 0.6) is 0 Å². The Labute approximate surface area is 113 Å². The summed E-state index contributed by atoms with van der Waals surface area (Å²) >= 11 is 6.07. The molecular formula is C14H18ClN3. The Bertz CT molecular complexity index is 521. The van der Waals surface area contributed by atoms with Crippen LogP contribution in [0.3, 0.4) is 0 Å². The molecule has 0 aliphatic rings. The van der Waals surface area contributed by atoms with E-state index in [1.165, 1.54) is 0 Å². The van der Waals surface area contributed by atoms with Gasteiger partial charge in [0.15, 0.2) is 0 Å². The van der Waals surface area contributed by atoms with Gasteiger partial charge >= 0.3 is 0 Å². The number of imidazole rings is 1. The molecule has 1 aromatic heterocycles. The second-order valence-corrected chi connectivity index (χ2v) is 4.89. The van der Waals surface area contributed by atoms with Crippen molar-refractivity contribution in [1.29, 1.82) is 0 Å². The first-order valence-corrected chi connectivity index (χ1v) is 6.51. The summed E-state index contributed by atoms with van der Waals surface area (Å²) in [5.41, 5.74) is 7.39. The van der Waals surface area contributed by atoms with E-state index in [2.05, 4.69) is 22.5 Å². The first kappa shape index (κ1) is 13.1. The lowest BCUT2D eigenvalue weighted by Gasteiger charge is -2.26. The van der Waals surface area contributed by atoms with Crippen molar-refractivity contribution in [3.63, 3.8) is 0 Å². The number of hydrogen-bond donors (Lipinski definition) is 1. The van der Waals surface area contributed by atoms with E-state index in [0.29, 0.717) is 0 Å². The van der Waals surface area contributed by atoms with Gasteiger partial charge in [-0.1, -0.05) is 30.7 Å². The first-order valence-electron chi connectivity index (χ1n) is 6.14. The van der Waals surface area contributed by atoms with Gasteiger partial charge in [-0.05, 0) is 31.0 Å². The molecule has 1 heterocycles. The van der Waals surface area contributed by atoms with E-state index in [4.69, 9.17) is 17.3 Å². The maximum atomic E-state index is 6.27. The zero-order valence-electron chi connectivity index (χ0n) is 10.7. The highest BCUT2D eigenvalue weighted by Gasteiger charge is 2.21. The van der Waals surface area contributed by atoms with E-state index in [1.54, 1.807) is 6.20 Å². The molecule has 0 aliphatic heterocycles. The smallest absolute Gasteiger partial charge is 0.106 e. The van der Waals surface area contributed by atoms with Gasteiger partial charge < -0.3 is 10.3 Å². The molecular weight excluding hydrogens is 246 g/mol. The van der Waals surface area contributed by atoms with Gasteiger partial charge in [0.2, 0.25) is 0 Å². The third-order valence-corrected chi connectivity index (χ3v) is 3.46. The summed E-state index contributed by atoms with van der Waals surface area (Å²) in [5, 5.41) is 0.735. The number of nitrogens with two attached hydrogens (primary N) is 1. The van der Waals surface area contributed by atoms with Gasteiger partial charge in [-0.15, -0.1) is 0 Å². The number of halogens is 1. The van der Waals surface area contributed by atoms with Gasteiger partial charge in [-0.3, -0.25) is 0 Å². The Morgan fingerprint density at radius 3 is 2.78 bits per heavy atom. The van der Waals surface area contributed by atoms with E-state index >= 15 is 0 Å². The van der Waals surface area contributed by atoms with Crippen molar-refractivity contribution < 1.29 is 0 Å². The van der Waals surface area contributed by atoms with E-state index in [9.17, 15) is 0 Å². The molecule has 0 aliphatic carbocycles. The van der Waals surface area contributed by atoms with Crippen molar-refractivity contribution in [1.82, 2.24) is 9.55 Å². The lowest BCUT2D eigenvalue weighted by atomic mass is 9.97. The molecule has 2 unspecified atom stereocenters. The Morgan fingerprint density at radius 1 is 1.44 bits per heavy atom. The molecule has 2 rings (SSSR count).